The van der Waals surface area contributed by atoms with Crippen molar-refractivity contribution >= 4 is 0 Å². The lowest BCUT2D eigenvalue weighted by molar-refractivity contribution is 0.0896. The lowest BCUT2D eigenvalue weighted by atomic mass is 9.85. The highest BCUT2D eigenvalue weighted by Crippen LogP contribution is 2.25. The predicted octanol–water partition coefficient (Wildman–Crippen LogP) is 0.0393. The molecule has 0 aromatic rings. The van der Waals surface area contributed by atoms with Crippen molar-refractivity contribution in [3.8, 4) is 0 Å². The highest BCUT2D eigenvalue weighted by atomic mass is 15.2. The lowest BCUT2D eigenvalue weighted by Gasteiger charge is -2.43. The van der Waals surface area contributed by atoms with Crippen LogP contribution in [0.4, 0.5) is 0 Å². The van der Waals surface area contributed by atoms with E-state index < -0.39 is 12.5 Å². The summed E-state index contributed by atoms with van der Waals surface area (Å²) >= 11 is 0. The number of nitrogens with two attached hydrogens (primary N) is 1. The zero-order chi connectivity index (χ0) is 8.06. The molecule has 3 aliphatic rings. The molecule has 0 aliphatic carbocycles. The van der Waals surface area contributed by atoms with E-state index in [-0.39, 0.29) is 5.92 Å². The average molecular weight is 130 g/mol. The number of hydrogen-bond acceptors (Lipinski definition) is 2. The maximum Gasteiger partial charge on any atom is 0.0479 e. The molecule has 2 N–H and O–H groups in total. The first-order chi connectivity index (χ1) is 5.12. The first kappa shape index (κ1) is 3.94. The second kappa shape index (κ2) is 1.96. The number of fused-ring (bicyclic) bond motifs is 3. The second-order valence-electron chi connectivity index (χ2n) is 2.94. The molecule has 3 heterocycles. The van der Waals surface area contributed by atoms with E-state index in [1.54, 1.807) is 0 Å². The molecule has 0 aromatic carbocycles. The van der Waals surface area contributed by atoms with Gasteiger partial charge in [-0.25, -0.2) is 0 Å². The van der Waals surface area contributed by atoms with Gasteiger partial charge in [0.1, 0.15) is 0 Å². The molecule has 0 saturated carbocycles. The molecule has 52 valence electrons. The number of piperidine rings is 3. The van der Waals surface area contributed by atoms with Gasteiger partial charge in [0, 0.05) is 15.3 Å². The highest BCUT2D eigenvalue weighted by molar-refractivity contribution is 4.88. The summed E-state index contributed by atoms with van der Waals surface area (Å²) in [6.45, 7) is 1.45. The van der Waals surface area contributed by atoms with Crippen molar-refractivity contribution < 1.29 is 2.74 Å². The summed E-state index contributed by atoms with van der Waals surface area (Å²) < 4.78 is 15.4. The van der Waals surface area contributed by atoms with Gasteiger partial charge in [0.2, 0.25) is 0 Å². The van der Waals surface area contributed by atoms with E-state index in [0.717, 1.165) is 25.9 Å². The van der Waals surface area contributed by atoms with Crippen LogP contribution in [0.1, 0.15) is 15.6 Å². The van der Waals surface area contributed by atoms with Crippen LogP contribution in [0.25, 0.3) is 0 Å². The molecule has 3 saturated heterocycles. The Bertz CT molecular complexity index is 160. The van der Waals surface area contributed by atoms with Gasteiger partial charge in [0.15, 0.2) is 0 Å². The van der Waals surface area contributed by atoms with E-state index in [9.17, 15) is 0 Å². The van der Waals surface area contributed by atoms with Crippen molar-refractivity contribution in [2.45, 2.75) is 18.9 Å². The summed E-state index contributed by atoms with van der Waals surface area (Å²) in [6, 6.07) is -1.00. The van der Waals surface area contributed by atoms with Crippen LogP contribution in [0.3, 0.4) is 0 Å². The molecule has 3 rings (SSSR count). The van der Waals surface area contributed by atoms with Crippen molar-refractivity contribution in [1.82, 2.24) is 4.90 Å². The SMILES string of the molecule is [3H]C1N2CCC(CC2)C1([3H])N. The van der Waals surface area contributed by atoms with Gasteiger partial charge >= 0.3 is 0 Å². The maximum atomic E-state index is 7.77. The Morgan fingerprint density at radius 2 is 2.22 bits per heavy atom. The molecular weight excluding hydrogens is 112 g/mol. The molecule has 3 fully saturated rings. The van der Waals surface area contributed by atoms with Crippen LogP contribution in [0.15, 0.2) is 0 Å². The molecule has 9 heavy (non-hydrogen) atoms. The molecule has 2 atom stereocenters. The van der Waals surface area contributed by atoms with Crippen LogP contribution in [-0.4, -0.2) is 30.5 Å². The van der Waals surface area contributed by atoms with E-state index in [0.29, 0.717) is 0 Å². The third kappa shape index (κ3) is 0.864. The van der Waals surface area contributed by atoms with Crippen molar-refractivity contribution in [2.24, 2.45) is 11.7 Å². The van der Waals surface area contributed by atoms with Crippen molar-refractivity contribution in [2.75, 3.05) is 19.6 Å². The fourth-order valence-corrected chi connectivity index (χ4v) is 1.68. The van der Waals surface area contributed by atoms with Crippen molar-refractivity contribution in [3.63, 3.8) is 0 Å². The fourth-order valence-electron chi connectivity index (χ4n) is 1.68. The predicted molar refractivity (Wildman–Crippen MR) is 37.1 cm³/mol. The van der Waals surface area contributed by atoms with Crippen LogP contribution in [0, 0.1) is 5.92 Å². The molecule has 2 heteroatoms. The Balaban J connectivity index is 2.23. The van der Waals surface area contributed by atoms with Gasteiger partial charge in [-0.1, -0.05) is 0 Å². The van der Waals surface area contributed by atoms with Gasteiger partial charge in [-0.05, 0) is 31.8 Å². The van der Waals surface area contributed by atoms with E-state index in [1.165, 1.54) is 0 Å². The minimum atomic E-state index is -1.00. The Morgan fingerprint density at radius 3 is 2.56 bits per heavy atom. The van der Waals surface area contributed by atoms with Gasteiger partial charge in [0.05, 0.1) is 0 Å². The van der Waals surface area contributed by atoms with Gasteiger partial charge in [-0.15, -0.1) is 0 Å². The molecule has 2 nitrogen and oxygen atoms in total. The molecule has 0 aromatic heterocycles. The summed E-state index contributed by atoms with van der Waals surface area (Å²) in [5.74, 6) is 0.259. The third-order valence-corrected chi connectivity index (χ3v) is 2.33. The van der Waals surface area contributed by atoms with E-state index in [4.69, 9.17) is 8.48 Å². The van der Waals surface area contributed by atoms with Crippen molar-refractivity contribution in [3.05, 3.63) is 0 Å². The van der Waals surface area contributed by atoms with E-state index in [2.05, 4.69) is 0 Å². The van der Waals surface area contributed by atoms with Gasteiger partial charge < -0.3 is 10.6 Å². The number of nitrogens with zero attached hydrogens (tertiary/aromatic N) is 1. The van der Waals surface area contributed by atoms with Gasteiger partial charge in [-0.2, -0.15) is 0 Å². The third-order valence-electron chi connectivity index (χ3n) is 2.33. The topological polar surface area (TPSA) is 29.3 Å². The molecule has 0 radical (unpaired) electrons. The second-order valence-corrected chi connectivity index (χ2v) is 2.94. The summed E-state index contributed by atoms with van der Waals surface area (Å²) in [5, 5.41) is 0. The van der Waals surface area contributed by atoms with Crippen LogP contribution < -0.4 is 5.73 Å². The van der Waals surface area contributed by atoms with Crippen LogP contribution in [0.2, 0.25) is 0 Å². The Kier molecular flexibility index (Phi) is 0.856. The molecule has 0 amide bonds. The number of rotatable bonds is 0. The van der Waals surface area contributed by atoms with Gasteiger partial charge in [-0.3, -0.25) is 0 Å². The van der Waals surface area contributed by atoms with Crippen molar-refractivity contribution in [1.29, 1.82) is 0 Å². The molecule has 0 spiro atoms. The molecule has 2 unspecified atom stereocenters. The molecule has 3 aliphatic heterocycles. The first-order valence-corrected chi connectivity index (χ1v) is 3.57. The minimum Gasteiger partial charge on any atom is -0.326 e. The first-order valence-electron chi connectivity index (χ1n) is 4.65. The Labute approximate surface area is 58.8 Å². The normalized spacial score (nSPS) is 69.2. The largest absolute Gasteiger partial charge is 0.326 e. The van der Waals surface area contributed by atoms with Crippen LogP contribution >= 0.6 is 0 Å². The zero-order valence-corrected chi connectivity index (χ0v) is 5.51. The smallest absolute Gasteiger partial charge is 0.0479 e. The molecular formula is C7H14N2. The summed E-state index contributed by atoms with van der Waals surface area (Å²) in [6.07, 6.45) is 2.02. The number of hydrogen-bond donors (Lipinski definition) is 1. The van der Waals surface area contributed by atoms with E-state index >= 15 is 0 Å². The monoisotopic (exact) mass is 130 g/mol. The summed E-state index contributed by atoms with van der Waals surface area (Å²) in [5.41, 5.74) is 5.74. The fraction of sp³-hybridized carbons (Fsp3) is 1.00. The van der Waals surface area contributed by atoms with Crippen LogP contribution in [-0.2, 0) is 0 Å². The lowest BCUT2D eigenvalue weighted by Crippen LogP contribution is -2.54. The quantitative estimate of drug-likeness (QED) is 0.501. The Hall–Kier alpha value is -0.0800. The van der Waals surface area contributed by atoms with Crippen LogP contribution in [0.5, 0.6) is 0 Å². The average Bonchev–Trinajstić information content (AvgIpc) is 2.01. The molecule has 2 bridgehead atoms. The summed E-state index contributed by atoms with van der Waals surface area (Å²) in [4.78, 5) is 2.01. The zero-order valence-electron chi connectivity index (χ0n) is 7.51. The summed E-state index contributed by atoms with van der Waals surface area (Å²) in [7, 11) is 0. The Morgan fingerprint density at radius 1 is 1.56 bits per heavy atom. The standard InChI is InChI=1S/C7H14N2/c8-7-5-9-3-1-6(7)2-4-9/h6-7H,1-5,8H2/i5T,7T. The van der Waals surface area contributed by atoms with Gasteiger partial charge in [0.25, 0.3) is 0 Å². The highest BCUT2D eigenvalue weighted by Gasteiger charge is 2.31. The minimum absolute atomic E-state index is 0.259. The van der Waals surface area contributed by atoms with E-state index in [1.807, 2.05) is 4.90 Å². The maximum absolute atomic E-state index is 7.77.